The van der Waals surface area contributed by atoms with E-state index < -0.39 is 0 Å². The van der Waals surface area contributed by atoms with Gasteiger partial charge in [-0.2, -0.15) is 0 Å². The molecule has 2 nitrogen and oxygen atoms in total. The Bertz CT molecular complexity index is 292. The average molecular weight is 295 g/mol. The van der Waals surface area contributed by atoms with Crippen LogP contribution in [-0.2, 0) is 0 Å². The van der Waals surface area contributed by atoms with Crippen molar-refractivity contribution in [1.82, 2.24) is 10.2 Å². The van der Waals surface area contributed by atoms with Gasteiger partial charge in [-0.3, -0.25) is 4.90 Å². The standard InChI is InChI=1S/C19H38N2/c1-5-8-16-10-14-21(15-11-16)17-9-7-12-19(3,4)18(17)20-13-6-2/h16-18,20H,5-15H2,1-4H3. The molecule has 1 aliphatic carbocycles. The second-order valence-corrected chi connectivity index (χ2v) is 8.15. The van der Waals surface area contributed by atoms with Gasteiger partial charge in [-0.25, -0.2) is 0 Å². The number of hydrogen-bond acceptors (Lipinski definition) is 2. The highest BCUT2D eigenvalue weighted by molar-refractivity contribution is 4.98. The van der Waals surface area contributed by atoms with Crippen molar-refractivity contribution >= 4 is 0 Å². The second-order valence-electron chi connectivity index (χ2n) is 8.15. The fourth-order valence-corrected chi connectivity index (χ4v) is 4.70. The molecule has 2 fully saturated rings. The zero-order chi connectivity index (χ0) is 15.3. The van der Waals surface area contributed by atoms with Crippen molar-refractivity contribution < 1.29 is 0 Å². The number of piperidine rings is 1. The highest BCUT2D eigenvalue weighted by Gasteiger charge is 2.41. The van der Waals surface area contributed by atoms with Crippen LogP contribution in [0, 0.1) is 11.3 Å². The largest absolute Gasteiger partial charge is 0.312 e. The molecule has 0 amide bonds. The Labute approximate surface area is 133 Å². The second kappa shape index (κ2) is 7.97. The molecule has 0 aromatic heterocycles. The molecule has 0 radical (unpaired) electrons. The molecule has 1 saturated heterocycles. The van der Waals surface area contributed by atoms with E-state index in [1.165, 1.54) is 71.0 Å². The van der Waals surface area contributed by atoms with Gasteiger partial charge in [0.05, 0.1) is 0 Å². The van der Waals surface area contributed by atoms with E-state index in [4.69, 9.17) is 0 Å². The Hall–Kier alpha value is -0.0800. The zero-order valence-electron chi connectivity index (χ0n) is 15.0. The van der Waals surface area contributed by atoms with Crippen molar-refractivity contribution in [2.45, 2.75) is 91.1 Å². The summed E-state index contributed by atoms with van der Waals surface area (Å²) in [6.07, 6.45) is 11.1. The van der Waals surface area contributed by atoms with Gasteiger partial charge in [-0.1, -0.05) is 47.0 Å². The maximum atomic E-state index is 3.90. The fraction of sp³-hybridized carbons (Fsp3) is 1.00. The van der Waals surface area contributed by atoms with Crippen molar-refractivity contribution in [1.29, 1.82) is 0 Å². The van der Waals surface area contributed by atoms with E-state index in [0.29, 0.717) is 11.5 Å². The maximum absolute atomic E-state index is 3.90. The minimum Gasteiger partial charge on any atom is -0.312 e. The highest BCUT2D eigenvalue weighted by Crippen LogP contribution is 2.39. The van der Waals surface area contributed by atoms with Crippen LogP contribution in [0.15, 0.2) is 0 Å². The van der Waals surface area contributed by atoms with Crippen molar-refractivity contribution in [2.24, 2.45) is 11.3 Å². The van der Waals surface area contributed by atoms with E-state index >= 15 is 0 Å². The Morgan fingerprint density at radius 1 is 1.05 bits per heavy atom. The molecule has 2 unspecified atom stereocenters. The molecule has 2 heteroatoms. The predicted molar refractivity (Wildman–Crippen MR) is 92.7 cm³/mol. The van der Waals surface area contributed by atoms with Crippen LogP contribution >= 0.6 is 0 Å². The average Bonchev–Trinajstić information content (AvgIpc) is 2.46. The van der Waals surface area contributed by atoms with Gasteiger partial charge in [0.1, 0.15) is 0 Å². The SMILES string of the molecule is CCCNC1C(N2CCC(CCC)CC2)CCCC1(C)C. The molecule has 0 bridgehead atoms. The Morgan fingerprint density at radius 3 is 2.38 bits per heavy atom. The van der Waals surface area contributed by atoms with Gasteiger partial charge in [0.15, 0.2) is 0 Å². The molecule has 1 N–H and O–H groups in total. The number of nitrogens with one attached hydrogen (secondary N) is 1. The van der Waals surface area contributed by atoms with Crippen LogP contribution < -0.4 is 5.32 Å². The quantitative estimate of drug-likeness (QED) is 0.779. The molecule has 0 aromatic carbocycles. The fourth-order valence-electron chi connectivity index (χ4n) is 4.70. The summed E-state index contributed by atoms with van der Waals surface area (Å²) in [5, 5.41) is 3.90. The van der Waals surface area contributed by atoms with E-state index in [-0.39, 0.29) is 0 Å². The first-order valence-corrected chi connectivity index (χ1v) is 9.56. The molecule has 21 heavy (non-hydrogen) atoms. The van der Waals surface area contributed by atoms with Crippen molar-refractivity contribution in [3.05, 3.63) is 0 Å². The molecule has 0 aromatic rings. The third kappa shape index (κ3) is 4.45. The summed E-state index contributed by atoms with van der Waals surface area (Å²) in [6.45, 7) is 13.4. The van der Waals surface area contributed by atoms with Crippen LogP contribution in [0.4, 0.5) is 0 Å². The zero-order valence-corrected chi connectivity index (χ0v) is 15.0. The van der Waals surface area contributed by atoms with E-state index in [2.05, 4.69) is 37.9 Å². The number of nitrogens with zero attached hydrogens (tertiary/aromatic N) is 1. The minimum absolute atomic E-state index is 0.457. The first kappa shape index (κ1) is 17.3. The van der Waals surface area contributed by atoms with E-state index in [1.54, 1.807) is 0 Å². The topological polar surface area (TPSA) is 15.3 Å². The maximum Gasteiger partial charge on any atom is 0.0274 e. The van der Waals surface area contributed by atoms with Gasteiger partial charge < -0.3 is 5.32 Å². The van der Waals surface area contributed by atoms with Crippen LogP contribution in [-0.4, -0.2) is 36.6 Å². The monoisotopic (exact) mass is 294 g/mol. The molecule has 0 spiro atoms. The number of rotatable bonds is 6. The van der Waals surface area contributed by atoms with Crippen molar-refractivity contribution in [3.8, 4) is 0 Å². The molecule has 1 aliphatic heterocycles. The van der Waals surface area contributed by atoms with Gasteiger partial charge in [0.25, 0.3) is 0 Å². The molecule has 2 atom stereocenters. The summed E-state index contributed by atoms with van der Waals surface area (Å²) in [5.41, 5.74) is 0.457. The van der Waals surface area contributed by atoms with Gasteiger partial charge >= 0.3 is 0 Å². The first-order chi connectivity index (χ1) is 10.1. The molecule has 2 rings (SSSR count). The summed E-state index contributed by atoms with van der Waals surface area (Å²) in [6, 6.07) is 1.47. The summed E-state index contributed by atoms with van der Waals surface area (Å²) in [5.74, 6) is 1.00. The molecule has 124 valence electrons. The molecular weight excluding hydrogens is 256 g/mol. The molecule has 1 heterocycles. The van der Waals surface area contributed by atoms with Crippen LogP contribution in [0.1, 0.15) is 79.1 Å². The van der Waals surface area contributed by atoms with E-state index in [0.717, 1.165) is 12.0 Å². The number of hydrogen-bond donors (Lipinski definition) is 1. The van der Waals surface area contributed by atoms with Crippen LogP contribution in [0.2, 0.25) is 0 Å². The lowest BCUT2D eigenvalue weighted by atomic mass is 9.70. The normalized spacial score (nSPS) is 31.4. The van der Waals surface area contributed by atoms with E-state index in [1.807, 2.05) is 0 Å². The summed E-state index contributed by atoms with van der Waals surface area (Å²) >= 11 is 0. The van der Waals surface area contributed by atoms with Crippen LogP contribution in [0.5, 0.6) is 0 Å². The third-order valence-corrected chi connectivity index (χ3v) is 5.98. The van der Waals surface area contributed by atoms with Crippen molar-refractivity contribution in [2.75, 3.05) is 19.6 Å². The lowest BCUT2D eigenvalue weighted by Gasteiger charge is -2.50. The van der Waals surface area contributed by atoms with Crippen LogP contribution in [0.3, 0.4) is 0 Å². The summed E-state index contributed by atoms with van der Waals surface area (Å²) in [7, 11) is 0. The first-order valence-electron chi connectivity index (χ1n) is 9.56. The summed E-state index contributed by atoms with van der Waals surface area (Å²) < 4.78 is 0. The van der Waals surface area contributed by atoms with Gasteiger partial charge in [-0.05, 0) is 63.1 Å². The Morgan fingerprint density at radius 2 is 1.76 bits per heavy atom. The third-order valence-electron chi connectivity index (χ3n) is 5.98. The lowest BCUT2D eigenvalue weighted by molar-refractivity contribution is 0.0277. The molecule has 2 aliphatic rings. The minimum atomic E-state index is 0.457. The molecule has 1 saturated carbocycles. The van der Waals surface area contributed by atoms with Gasteiger partial charge in [0.2, 0.25) is 0 Å². The van der Waals surface area contributed by atoms with E-state index in [9.17, 15) is 0 Å². The van der Waals surface area contributed by atoms with Crippen LogP contribution in [0.25, 0.3) is 0 Å². The van der Waals surface area contributed by atoms with Gasteiger partial charge in [0, 0.05) is 12.1 Å². The Balaban J connectivity index is 1.96. The smallest absolute Gasteiger partial charge is 0.0274 e. The predicted octanol–water partition coefficient (Wildman–Crippen LogP) is 4.45. The lowest BCUT2D eigenvalue weighted by Crippen LogP contribution is -2.60. The summed E-state index contributed by atoms with van der Waals surface area (Å²) in [4.78, 5) is 2.83. The Kier molecular flexibility index (Phi) is 6.55. The van der Waals surface area contributed by atoms with Crippen molar-refractivity contribution in [3.63, 3.8) is 0 Å². The highest BCUT2D eigenvalue weighted by atomic mass is 15.2. The molecular formula is C19H38N2. The van der Waals surface area contributed by atoms with Gasteiger partial charge in [-0.15, -0.1) is 0 Å². The number of likely N-dealkylation sites (tertiary alicyclic amines) is 1.